The van der Waals surface area contributed by atoms with Gasteiger partial charge in [-0.05, 0) is 25.5 Å². The third kappa shape index (κ3) is 1.95. The molecule has 0 saturated heterocycles. The van der Waals surface area contributed by atoms with E-state index in [1.165, 1.54) is 17.0 Å². The molecule has 0 bridgehead atoms. The van der Waals surface area contributed by atoms with E-state index in [1.807, 2.05) is 0 Å². The molecule has 18 heavy (non-hydrogen) atoms. The number of nitro groups is 1. The minimum Gasteiger partial charge on any atom is -0.391 e. The maximum atomic E-state index is 11.9. The Balaban J connectivity index is 2.41. The monoisotopic (exact) mass is 250 g/mol. The van der Waals surface area contributed by atoms with Crippen LogP contribution in [0.5, 0.6) is 0 Å². The number of hydrogen-bond acceptors (Lipinski definition) is 4. The zero-order valence-electron chi connectivity index (χ0n) is 10.2. The molecule has 0 spiro atoms. The first-order valence-electron chi connectivity index (χ1n) is 5.69. The van der Waals surface area contributed by atoms with Crippen molar-refractivity contribution < 1.29 is 14.8 Å². The lowest BCUT2D eigenvalue weighted by atomic mass is 10.1. The summed E-state index contributed by atoms with van der Waals surface area (Å²) in [6.45, 7) is 3.36. The smallest absolute Gasteiger partial charge is 0.269 e. The van der Waals surface area contributed by atoms with Gasteiger partial charge in [0.1, 0.15) is 0 Å². The van der Waals surface area contributed by atoms with Crippen molar-refractivity contribution in [1.82, 2.24) is 0 Å². The molecule has 96 valence electrons. The van der Waals surface area contributed by atoms with Crippen molar-refractivity contribution in [1.29, 1.82) is 0 Å². The average Bonchev–Trinajstić information content (AvgIpc) is 2.62. The number of aliphatic hydroxyl groups excluding tert-OH is 1. The predicted octanol–water partition coefficient (Wildman–Crippen LogP) is 1.25. The molecule has 1 amide bonds. The Kier molecular flexibility index (Phi) is 3.04. The Morgan fingerprint density at radius 3 is 2.67 bits per heavy atom. The summed E-state index contributed by atoms with van der Waals surface area (Å²) in [5.41, 5.74) is 1.27. The highest BCUT2D eigenvalue weighted by Crippen LogP contribution is 2.33. The Hall–Kier alpha value is -1.95. The van der Waals surface area contributed by atoms with Crippen molar-refractivity contribution in [2.75, 3.05) is 4.90 Å². The fourth-order valence-electron chi connectivity index (χ4n) is 2.11. The quantitative estimate of drug-likeness (QED) is 0.646. The first kappa shape index (κ1) is 12.5. The van der Waals surface area contributed by atoms with E-state index in [0.717, 1.165) is 0 Å². The highest BCUT2D eigenvalue weighted by atomic mass is 16.6. The summed E-state index contributed by atoms with van der Waals surface area (Å²) >= 11 is 0. The van der Waals surface area contributed by atoms with Gasteiger partial charge in [0.15, 0.2) is 0 Å². The normalized spacial score (nSPS) is 17.5. The number of benzene rings is 1. The van der Waals surface area contributed by atoms with Crippen LogP contribution in [0.2, 0.25) is 0 Å². The van der Waals surface area contributed by atoms with Crippen LogP contribution in [0.1, 0.15) is 19.4 Å². The summed E-state index contributed by atoms with van der Waals surface area (Å²) in [5, 5.41) is 20.2. The van der Waals surface area contributed by atoms with Crippen LogP contribution >= 0.6 is 0 Å². The minimum absolute atomic E-state index is 0.0203. The number of fused-ring (bicyclic) bond motifs is 1. The number of rotatable bonds is 3. The molecule has 1 N–H and O–H groups in total. The van der Waals surface area contributed by atoms with Gasteiger partial charge in [-0.1, -0.05) is 0 Å². The molecule has 1 aromatic rings. The number of amides is 1. The van der Waals surface area contributed by atoms with Crippen LogP contribution in [0.15, 0.2) is 18.2 Å². The van der Waals surface area contributed by atoms with Crippen LogP contribution in [0.25, 0.3) is 0 Å². The van der Waals surface area contributed by atoms with Gasteiger partial charge in [-0.2, -0.15) is 0 Å². The highest BCUT2D eigenvalue weighted by Gasteiger charge is 2.33. The van der Waals surface area contributed by atoms with E-state index in [4.69, 9.17) is 0 Å². The largest absolute Gasteiger partial charge is 0.391 e. The van der Waals surface area contributed by atoms with Gasteiger partial charge in [0.05, 0.1) is 23.5 Å². The fourth-order valence-corrected chi connectivity index (χ4v) is 2.11. The predicted molar refractivity (Wildman–Crippen MR) is 65.4 cm³/mol. The molecular weight excluding hydrogens is 236 g/mol. The maximum absolute atomic E-state index is 11.9. The number of carbonyl (C=O) groups is 1. The minimum atomic E-state index is -0.657. The van der Waals surface area contributed by atoms with Crippen LogP contribution in [-0.2, 0) is 11.2 Å². The van der Waals surface area contributed by atoms with Crippen molar-refractivity contribution >= 4 is 17.3 Å². The zero-order valence-corrected chi connectivity index (χ0v) is 10.2. The zero-order chi connectivity index (χ0) is 13.4. The van der Waals surface area contributed by atoms with E-state index in [9.17, 15) is 20.0 Å². The molecule has 1 aromatic carbocycles. The first-order valence-corrected chi connectivity index (χ1v) is 5.69. The van der Waals surface area contributed by atoms with Gasteiger partial charge in [0, 0.05) is 17.8 Å². The van der Waals surface area contributed by atoms with E-state index in [-0.39, 0.29) is 24.1 Å². The summed E-state index contributed by atoms with van der Waals surface area (Å²) in [5.74, 6) is -0.140. The molecule has 0 radical (unpaired) electrons. The number of carbonyl (C=O) groups excluding carboxylic acids is 1. The summed E-state index contributed by atoms with van der Waals surface area (Å²) in [6, 6.07) is 4.01. The standard InChI is InChI=1S/C12H14N2O4/c1-7(8(2)15)13-11-4-3-10(14(17)18)5-9(11)6-12(13)16/h3-5,7-8,15H,6H2,1-2H3. The Bertz CT molecular complexity index is 513. The number of nitrogens with zero attached hydrogens (tertiary/aromatic N) is 2. The van der Waals surface area contributed by atoms with Crippen molar-refractivity contribution in [3.8, 4) is 0 Å². The Morgan fingerprint density at radius 2 is 2.11 bits per heavy atom. The van der Waals surface area contributed by atoms with E-state index in [0.29, 0.717) is 11.3 Å². The maximum Gasteiger partial charge on any atom is 0.269 e. The molecule has 2 rings (SSSR count). The number of hydrogen-bond donors (Lipinski definition) is 1. The lowest BCUT2D eigenvalue weighted by molar-refractivity contribution is -0.384. The van der Waals surface area contributed by atoms with Crippen LogP contribution in [-0.4, -0.2) is 28.1 Å². The molecule has 1 heterocycles. The van der Waals surface area contributed by atoms with E-state index < -0.39 is 11.0 Å². The molecular formula is C12H14N2O4. The lowest BCUT2D eigenvalue weighted by Crippen LogP contribution is -2.42. The number of anilines is 1. The molecule has 1 aliphatic rings. The number of aliphatic hydroxyl groups is 1. The van der Waals surface area contributed by atoms with E-state index in [2.05, 4.69) is 0 Å². The Labute approximate surface area is 104 Å². The van der Waals surface area contributed by atoms with Gasteiger partial charge in [0.25, 0.3) is 5.69 Å². The van der Waals surface area contributed by atoms with Crippen molar-refractivity contribution in [3.63, 3.8) is 0 Å². The summed E-state index contributed by atoms with van der Waals surface area (Å²) in [7, 11) is 0. The van der Waals surface area contributed by atoms with Gasteiger partial charge >= 0.3 is 0 Å². The van der Waals surface area contributed by atoms with Gasteiger partial charge in [-0.15, -0.1) is 0 Å². The van der Waals surface area contributed by atoms with Gasteiger partial charge in [-0.3, -0.25) is 14.9 Å². The molecule has 2 atom stereocenters. The molecule has 6 nitrogen and oxygen atoms in total. The SMILES string of the molecule is CC(O)C(C)N1C(=O)Cc2cc([N+](=O)[O-])ccc21. The second-order valence-electron chi connectivity index (χ2n) is 4.49. The van der Waals surface area contributed by atoms with Gasteiger partial charge in [-0.25, -0.2) is 0 Å². The first-order chi connectivity index (χ1) is 8.41. The van der Waals surface area contributed by atoms with Crippen LogP contribution < -0.4 is 4.90 Å². The summed E-state index contributed by atoms with van der Waals surface area (Å²) in [4.78, 5) is 23.6. The van der Waals surface area contributed by atoms with Gasteiger partial charge in [0.2, 0.25) is 5.91 Å². The topological polar surface area (TPSA) is 83.7 Å². The average molecular weight is 250 g/mol. The number of non-ortho nitro benzene ring substituents is 1. The Morgan fingerprint density at radius 1 is 1.44 bits per heavy atom. The number of nitro benzene ring substituents is 1. The second kappa shape index (κ2) is 4.38. The molecule has 6 heteroatoms. The molecule has 0 saturated carbocycles. The van der Waals surface area contributed by atoms with Crippen LogP contribution in [0.3, 0.4) is 0 Å². The summed E-state index contributed by atoms with van der Waals surface area (Å²) in [6.07, 6.45) is -0.510. The van der Waals surface area contributed by atoms with Crippen LogP contribution in [0, 0.1) is 10.1 Å². The fraction of sp³-hybridized carbons (Fsp3) is 0.417. The van der Waals surface area contributed by atoms with Crippen LogP contribution in [0.4, 0.5) is 11.4 Å². The second-order valence-corrected chi connectivity index (χ2v) is 4.49. The van der Waals surface area contributed by atoms with Crippen molar-refractivity contribution in [3.05, 3.63) is 33.9 Å². The highest BCUT2D eigenvalue weighted by molar-refractivity contribution is 6.02. The van der Waals surface area contributed by atoms with E-state index in [1.54, 1.807) is 19.9 Å². The lowest BCUT2D eigenvalue weighted by Gasteiger charge is -2.27. The van der Waals surface area contributed by atoms with Crippen molar-refractivity contribution in [2.45, 2.75) is 32.4 Å². The molecule has 1 aliphatic heterocycles. The molecule has 0 fully saturated rings. The summed E-state index contributed by atoms with van der Waals surface area (Å²) < 4.78 is 0. The third-order valence-electron chi connectivity index (χ3n) is 3.25. The molecule has 2 unspecified atom stereocenters. The van der Waals surface area contributed by atoms with Gasteiger partial charge < -0.3 is 10.0 Å². The molecule has 0 aliphatic carbocycles. The third-order valence-corrected chi connectivity index (χ3v) is 3.25. The van der Waals surface area contributed by atoms with E-state index >= 15 is 0 Å². The van der Waals surface area contributed by atoms with Crippen molar-refractivity contribution in [2.24, 2.45) is 0 Å². The molecule has 0 aromatic heterocycles.